The van der Waals surface area contributed by atoms with Crippen molar-refractivity contribution in [1.82, 2.24) is 19.5 Å². The molecular formula is C25H28FN5O2. The van der Waals surface area contributed by atoms with Gasteiger partial charge in [-0.3, -0.25) is 9.59 Å². The number of carbonyl (C=O) groups is 2. The molecule has 0 unspecified atom stereocenters. The summed E-state index contributed by atoms with van der Waals surface area (Å²) in [5.74, 6) is 0.316. The Kier molecular flexibility index (Phi) is 5.60. The molecule has 1 atom stereocenters. The molecule has 0 radical (unpaired) electrons. The van der Waals surface area contributed by atoms with Gasteiger partial charge in [-0.05, 0) is 69.4 Å². The van der Waals surface area contributed by atoms with Crippen LogP contribution in [0.2, 0.25) is 0 Å². The number of likely N-dealkylation sites (tertiary alicyclic amines) is 1. The second-order valence-corrected chi connectivity index (χ2v) is 9.20. The van der Waals surface area contributed by atoms with Crippen molar-refractivity contribution in [2.24, 2.45) is 5.92 Å². The largest absolute Gasteiger partial charge is 0.342 e. The van der Waals surface area contributed by atoms with Crippen LogP contribution in [0.4, 0.5) is 10.1 Å². The fourth-order valence-electron chi connectivity index (χ4n) is 4.69. The summed E-state index contributed by atoms with van der Waals surface area (Å²) in [7, 11) is 0. The van der Waals surface area contributed by atoms with Gasteiger partial charge < -0.3 is 10.2 Å². The zero-order chi connectivity index (χ0) is 23.1. The molecule has 3 heterocycles. The van der Waals surface area contributed by atoms with Crippen LogP contribution in [0.3, 0.4) is 0 Å². The van der Waals surface area contributed by atoms with Gasteiger partial charge >= 0.3 is 0 Å². The summed E-state index contributed by atoms with van der Waals surface area (Å²) in [5.41, 5.74) is 5.21. The molecular weight excluding hydrogens is 421 g/mol. The van der Waals surface area contributed by atoms with E-state index in [9.17, 15) is 14.0 Å². The van der Waals surface area contributed by atoms with Crippen molar-refractivity contribution in [3.8, 4) is 0 Å². The second-order valence-electron chi connectivity index (χ2n) is 9.20. The van der Waals surface area contributed by atoms with Crippen LogP contribution in [-0.4, -0.2) is 44.4 Å². The van der Waals surface area contributed by atoms with Gasteiger partial charge in [0.1, 0.15) is 5.82 Å². The lowest BCUT2D eigenvalue weighted by Crippen LogP contribution is -2.29. The lowest BCUT2D eigenvalue weighted by molar-refractivity contribution is -0.131. The van der Waals surface area contributed by atoms with E-state index in [-0.39, 0.29) is 23.6 Å². The number of anilines is 1. The van der Waals surface area contributed by atoms with E-state index in [1.807, 2.05) is 29.3 Å². The van der Waals surface area contributed by atoms with E-state index in [1.165, 1.54) is 12.1 Å². The van der Waals surface area contributed by atoms with Gasteiger partial charge in [0, 0.05) is 54.5 Å². The molecule has 172 valence electrons. The maximum atomic E-state index is 13.1. The second kappa shape index (κ2) is 8.57. The number of carbonyl (C=O) groups excluding carboxylic acids is 2. The lowest BCUT2D eigenvalue weighted by Gasteiger charge is -2.15. The maximum Gasteiger partial charge on any atom is 0.225 e. The minimum atomic E-state index is -0.336. The third kappa shape index (κ3) is 4.47. The Morgan fingerprint density at radius 3 is 2.64 bits per heavy atom. The number of nitrogens with zero attached hydrogens (tertiary/aromatic N) is 4. The molecule has 33 heavy (non-hydrogen) atoms. The zero-order valence-corrected chi connectivity index (χ0v) is 19.0. The zero-order valence-electron chi connectivity index (χ0n) is 19.0. The Hall–Kier alpha value is -3.29. The van der Waals surface area contributed by atoms with E-state index < -0.39 is 0 Å². The summed E-state index contributed by atoms with van der Waals surface area (Å²) in [6, 6.07) is 7.77. The Balaban J connectivity index is 1.28. The Bertz CT molecular complexity index is 1220. The number of hydrogen-bond acceptors (Lipinski definition) is 4. The monoisotopic (exact) mass is 449 g/mol. The van der Waals surface area contributed by atoms with Crippen LogP contribution in [0.15, 0.2) is 30.3 Å². The summed E-state index contributed by atoms with van der Waals surface area (Å²) < 4.78 is 14.9. The van der Waals surface area contributed by atoms with Gasteiger partial charge in [-0.2, -0.15) is 5.10 Å². The number of halogens is 1. The molecule has 2 aromatic heterocycles. The highest BCUT2D eigenvalue weighted by Gasteiger charge is 2.37. The average Bonchev–Trinajstić information content (AvgIpc) is 3.36. The van der Waals surface area contributed by atoms with Crippen molar-refractivity contribution < 1.29 is 14.0 Å². The first-order chi connectivity index (χ1) is 15.9. The number of benzene rings is 1. The standard InChI is InChI=1S/C25H28FN5O2/c1-15-21(9-10-24(32)28-20-7-5-19(26)6-8-20)16(2)31-23(27-15)13-22(29-31)18-11-12-30(14-18)25(33)17-3-4-17/h5-8,13,17-18H,3-4,9-12,14H2,1-2H3,(H,28,32)/t18-/m0/s1. The molecule has 0 spiro atoms. The van der Waals surface area contributed by atoms with Gasteiger partial charge in [-0.25, -0.2) is 13.9 Å². The quantitative estimate of drug-likeness (QED) is 0.621. The van der Waals surface area contributed by atoms with Crippen LogP contribution in [0.1, 0.15) is 54.2 Å². The molecule has 7 nitrogen and oxygen atoms in total. The van der Waals surface area contributed by atoms with Crippen LogP contribution in [-0.2, 0) is 16.0 Å². The van der Waals surface area contributed by atoms with E-state index in [4.69, 9.17) is 10.1 Å². The average molecular weight is 450 g/mol. The Morgan fingerprint density at radius 1 is 1.15 bits per heavy atom. The third-order valence-corrected chi connectivity index (χ3v) is 6.76. The van der Waals surface area contributed by atoms with Crippen molar-refractivity contribution in [1.29, 1.82) is 0 Å². The first-order valence-corrected chi connectivity index (χ1v) is 11.6. The van der Waals surface area contributed by atoms with E-state index in [0.29, 0.717) is 24.4 Å². The van der Waals surface area contributed by atoms with Gasteiger partial charge in [0.25, 0.3) is 0 Å². The fourth-order valence-corrected chi connectivity index (χ4v) is 4.69. The van der Waals surface area contributed by atoms with E-state index >= 15 is 0 Å². The van der Waals surface area contributed by atoms with Crippen LogP contribution in [0.25, 0.3) is 5.65 Å². The minimum Gasteiger partial charge on any atom is -0.342 e. The Morgan fingerprint density at radius 2 is 1.91 bits per heavy atom. The van der Waals surface area contributed by atoms with Crippen molar-refractivity contribution in [2.75, 3.05) is 18.4 Å². The SMILES string of the molecule is Cc1nc2cc([C@H]3CCN(C(=O)C4CC4)C3)nn2c(C)c1CCC(=O)Nc1ccc(F)cc1. The molecule has 2 amide bonds. The molecule has 1 aliphatic heterocycles. The van der Waals surface area contributed by atoms with Crippen molar-refractivity contribution in [3.63, 3.8) is 0 Å². The van der Waals surface area contributed by atoms with Crippen molar-refractivity contribution >= 4 is 23.1 Å². The predicted molar refractivity (Wildman–Crippen MR) is 122 cm³/mol. The summed E-state index contributed by atoms with van der Waals surface area (Å²) >= 11 is 0. The molecule has 2 fully saturated rings. The highest BCUT2D eigenvalue weighted by Crippen LogP contribution is 2.35. The van der Waals surface area contributed by atoms with Crippen LogP contribution in [0, 0.1) is 25.6 Å². The summed E-state index contributed by atoms with van der Waals surface area (Å²) in [6.45, 7) is 5.49. The number of amides is 2. The smallest absolute Gasteiger partial charge is 0.225 e. The van der Waals surface area contributed by atoms with E-state index in [1.54, 1.807) is 12.1 Å². The van der Waals surface area contributed by atoms with Gasteiger partial charge in [0.15, 0.2) is 5.65 Å². The molecule has 3 aromatic rings. The van der Waals surface area contributed by atoms with E-state index in [2.05, 4.69) is 5.32 Å². The Labute approximate surface area is 192 Å². The van der Waals surface area contributed by atoms with Crippen molar-refractivity contribution in [2.45, 2.75) is 51.9 Å². The normalized spacial score (nSPS) is 18.2. The lowest BCUT2D eigenvalue weighted by atomic mass is 10.1. The molecule has 1 N–H and O–H groups in total. The number of aryl methyl sites for hydroxylation is 2. The molecule has 2 aliphatic rings. The van der Waals surface area contributed by atoms with E-state index in [0.717, 1.165) is 60.6 Å². The molecule has 8 heteroatoms. The topological polar surface area (TPSA) is 79.6 Å². The summed E-state index contributed by atoms with van der Waals surface area (Å²) in [6.07, 6.45) is 3.82. The van der Waals surface area contributed by atoms with Gasteiger partial charge in [0.2, 0.25) is 11.8 Å². The minimum absolute atomic E-state index is 0.131. The summed E-state index contributed by atoms with van der Waals surface area (Å²) in [5, 5.41) is 7.64. The first-order valence-electron chi connectivity index (χ1n) is 11.6. The van der Waals surface area contributed by atoms with Crippen LogP contribution in [0.5, 0.6) is 0 Å². The van der Waals surface area contributed by atoms with Crippen molar-refractivity contribution in [3.05, 3.63) is 58.8 Å². The third-order valence-electron chi connectivity index (χ3n) is 6.76. The number of rotatable bonds is 6. The highest BCUT2D eigenvalue weighted by molar-refractivity contribution is 5.90. The molecule has 1 aliphatic carbocycles. The number of aromatic nitrogens is 3. The number of fused-ring (bicyclic) bond motifs is 1. The highest BCUT2D eigenvalue weighted by atomic mass is 19.1. The fraction of sp³-hybridized carbons (Fsp3) is 0.440. The maximum absolute atomic E-state index is 13.1. The van der Waals surface area contributed by atoms with Crippen LogP contribution < -0.4 is 5.32 Å². The molecule has 1 saturated heterocycles. The molecule has 1 saturated carbocycles. The first kappa shape index (κ1) is 21.6. The van der Waals surface area contributed by atoms with Gasteiger partial charge in [0.05, 0.1) is 5.69 Å². The molecule has 0 bridgehead atoms. The predicted octanol–water partition coefficient (Wildman–Crippen LogP) is 3.78. The van der Waals surface area contributed by atoms with Gasteiger partial charge in [-0.1, -0.05) is 0 Å². The summed E-state index contributed by atoms with van der Waals surface area (Å²) in [4.78, 5) is 31.5. The molecule has 1 aromatic carbocycles. The van der Waals surface area contributed by atoms with Crippen LogP contribution >= 0.6 is 0 Å². The number of nitrogens with one attached hydrogen (secondary N) is 1. The molecule has 5 rings (SSSR count). The van der Waals surface area contributed by atoms with Gasteiger partial charge in [-0.15, -0.1) is 0 Å². The number of hydrogen-bond donors (Lipinski definition) is 1.